The highest BCUT2D eigenvalue weighted by molar-refractivity contribution is 9.10. The van der Waals surface area contributed by atoms with Crippen LogP contribution in [0.3, 0.4) is 0 Å². The van der Waals surface area contributed by atoms with Crippen LogP contribution in [0, 0.1) is 0 Å². The summed E-state index contributed by atoms with van der Waals surface area (Å²) in [6, 6.07) is 16.7. The van der Waals surface area contributed by atoms with Gasteiger partial charge in [0.1, 0.15) is 12.0 Å². The van der Waals surface area contributed by atoms with Gasteiger partial charge in [-0.2, -0.15) is 0 Å². The normalized spacial score (nSPS) is 14.1. The van der Waals surface area contributed by atoms with Crippen LogP contribution in [0.4, 0.5) is 0 Å². The lowest BCUT2D eigenvalue weighted by molar-refractivity contribution is -0.244. The Morgan fingerprint density at radius 2 is 1.78 bits per heavy atom. The maximum Gasteiger partial charge on any atom is 0.127 e. The molecule has 0 radical (unpaired) electrons. The monoisotopic (exact) mass is 372 g/mol. The first-order chi connectivity index (χ1) is 11.0. The van der Waals surface area contributed by atoms with Gasteiger partial charge in [-0.1, -0.05) is 64.5 Å². The third-order valence-electron chi connectivity index (χ3n) is 3.28. The van der Waals surface area contributed by atoms with Gasteiger partial charge >= 0.3 is 0 Å². The topological polar surface area (TPSA) is 64.7 Å². The first-order valence-electron chi connectivity index (χ1n) is 7.17. The number of aliphatic imine (C=N–C) groups is 1. The highest BCUT2D eigenvalue weighted by Crippen LogP contribution is 2.14. The second-order valence-electron chi connectivity index (χ2n) is 5.30. The van der Waals surface area contributed by atoms with Crippen LogP contribution < -0.4 is 10.8 Å². The van der Waals surface area contributed by atoms with Gasteiger partial charge in [0.15, 0.2) is 0 Å². The maximum absolute atomic E-state index is 12.3. The van der Waals surface area contributed by atoms with Crippen LogP contribution in [0.2, 0.25) is 0 Å². The average molecular weight is 373 g/mol. The zero-order valence-electron chi connectivity index (χ0n) is 13.1. The van der Waals surface area contributed by atoms with Gasteiger partial charge in [0.25, 0.3) is 0 Å². The Labute approximate surface area is 145 Å². The summed E-state index contributed by atoms with van der Waals surface area (Å²) in [5.74, 6) is 0.317. The molecule has 2 aromatic carbocycles. The van der Waals surface area contributed by atoms with E-state index in [1.807, 2.05) is 61.5 Å². The van der Waals surface area contributed by atoms with Gasteiger partial charge in [-0.05, 0) is 31.8 Å². The van der Waals surface area contributed by atoms with E-state index in [4.69, 9.17) is 5.73 Å². The molecule has 0 saturated carbocycles. The molecule has 0 saturated heterocycles. The largest absolute Gasteiger partial charge is 0.872 e. The van der Waals surface area contributed by atoms with Crippen LogP contribution in [-0.4, -0.2) is 31.0 Å². The average Bonchev–Trinajstić information content (AvgIpc) is 2.54. The Morgan fingerprint density at radius 1 is 1.13 bits per heavy atom. The fraction of sp³-hybridized carbons (Fsp3) is 0.167. The fourth-order valence-corrected chi connectivity index (χ4v) is 2.40. The quantitative estimate of drug-likeness (QED) is 0.498. The summed E-state index contributed by atoms with van der Waals surface area (Å²) in [7, 11) is 3.72. The molecule has 2 N–H and O–H groups in total. The summed E-state index contributed by atoms with van der Waals surface area (Å²) in [4.78, 5) is 6.31. The molecule has 0 aliphatic heterocycles. The van der Waals surface area contributed by atoms with Gasteiger partial charge in [-0.3, -0.25) is 4.90 Å². The summed E-state index contributed by atoms with van der Waals surface area (Å²) in [5.41, 5.74) is 7.53. The fourth-order valence-electron chi connectivity index (χ4n) is 2.00. The van der Waals surface area contributed by atoms with E-state index < -0.39 is 6.17 Å². The number of nitrogens with two attached hydrogens (primary N) is 1. The van der Waals surface area contributed by atoms with Gasteiger partial charge in [0.2, 0.25) is 0 Å². The van der Waals surface area contributed by atoms with Crippen LogP contribution in [0.15, 0.2) is 70.1 Å². The number of hydrogen-bond acceptors (Lipinski definition) is 3. The smallest absolute Gasteiger partial charge is 0.127 e. The van der Waals surface area contributed by atoms with Crippen LogP contribution in [-0.2, 0) is 0 Å². The molecule has 0 heterocycles. The first-order valence-corrected chi connectivity index (χ1v) is 7.96. The van der Waals surface area contributed by atoms with Crippen molar-refractivity contribution in [2.24, 2.45) is 10.7 Å². The van der Waals surface area contributed by atoms with Crippen molar-refractivity contribution in [3.05, 3.63) is 76.3 Å². The van der Waals surface area contributed by atoms with Crippen molar-refractivity contribution in [1.82, 2.24) is 4.90 Å². The number of benzene rings is 2. The minimum atomic E-state index is -0.429. The molecule has 0 aliphatic carbocycles. The number of halogens is 1. The molecule has 120 valence electrons. The highest BCUT2D eigenvalue weighted by Gasteiger charge is 2.08. The van der Waals surface area contributed by atoms with Crippen LogP contribution in [0.1, 0.15) is 11.1 Å². The van der Waals surface area contributed by atoms with Crippen LogP contribution in [0.25, 0.3) is 5.76 Å². The van der Waals surface area contributed by atoms with Crippen molar-refractivity contribution in [3.8, 4) is 0 Å². The highest BCUT2D eigenvalue weighted by atomic mass is 79.9. The third-order valence-corrected chi connectivity index (χ3v) is 3.77. The Bertz CT molecular complexity index is 711. The van der Waals surface area contributed by atoms with Crippen molar-refractivity contribution in [1.29, 1.82) is 0 Å². The lowest BCUT2D eigenvalue weighted by Gasteiger charge is -2.22. The second-order valence-corrected chi connectivity index (χ2v) is 6.21. The number of nitrogens with zero attached hydrogens (tertiary/aromatic N) is 2. The van der Waals surface area contributed by atoms with Crippen molar-refractivity contribution in [2.75, 3.05) is 14.1 Å². The van der Waals surface area contributed by atoms with E-state index in [1.54, 1.807) is 18.2 Å². The van der Waals surface area contributed by atoms with Crippen LogP contribution >= 0.6 is 15.9 Å². The van der Waals surface area contributed by atoms with E-state index >= 15 is 0 Å². The van der Waals surface area contributed by atoms with Gasteiger partial charge in [-0.25, -0.2) is 4.99 Å². The second kappa shape index (κ2) is 7.94. The van der Waals surface area contributed by atoms with Crippen molar-refractivity contribution < 1.29 is 5.11 Å². The van der Waals surface area contributed by atoms with Crippen molar-refractivity contribution in [2.45, 2.75) is 6.17 Å². The van der Waals surface area contributed by atoms with E-state index in [-0.39, 0.29) is 5.76 Å². The molecule has 0 fully saturated rings. The molecule has 2 rings (SSSR count). The molecule has 0 spiro atoms. The minimum absolute atomic E-state index is 0.0740. The van der Waals surface area contributed by atoms with Gasteiger partial charge in [-0.15, -0.1) is 5.76 Å². The molecule has 23 heavy (non-hydrogen) atoms. The maximum atomic E-state index is 12.3. The van der Waals surface area contributed by atoms with Gasteiger partial charge in [0, 0.05) is 10.0 Å². The standard InChI is InChI=1S/C18H20BrN3O/c1-22(2)17(12-16(23)13-7-4-3-5-8-13)21-18(20)14-9-6-10-15(19)11-14/h3-12,17,23H,1-2H3,(H2,20,21)/p-1/b16-12+. The molecular weight excluding hydrogens is 354 g/mol. The predicted octanol–water partition coefficient (Wildman–Crippen LogP) is 2.44. The van der Waals surface area contributed by atoms with E-state index in [1.165, 1.54) is 0 Å². The molecule has 0 aromatic heterocycles. The predicted molar refractivity (Wildman–Crippen MR) is 96.8 cm³/mol. The molecule has 0 aliphatic rings. The molecule has 0 bridgehead atoms. The number of rotatable bonds is 5. The lowest BCUT2D eigenvalue weighted by Crippen LogP contribution is -2.29. The summed E-state index contributed by atoms with van der Waals surface area (Å²) in [6.07, 6.45) is 1.14. The first kappa shape index (κ1) is 17.2. The molecule has 5 heteroatoms. The molecular formula is C18H19BrN3O-. The number of amidine groups is 1. The molecule has 1 atom stereocenters. The number of hydrogen-bond donors (Lipinski definition) is 1. The summed E-state index contributed by atoms with van der Waals surface area (Å²) in [5, 5.41) is 12.3. The molecule has 0 amide bonds. The van der Waals surface area contributed by atoms with E-state index in [9.17, 15) is 5.11 Å². The van der Waals surface area contributed by atoms with Crippen molar-refractivity contribution >= 4 is 27.5 Å². The Morgan fingerprint density at radius 3 is 2.39 bits per heavy atom. The summed E-state index contributed by atoms with van der Waals surface area (Å²) < 4.78 is 0.930. The zero-order valence-corrected chi connectivity index (χ0v) is 14.7. The Balaban J connectivity index is 2.30. The third kappa shape index (κ3) is 4.94. The molecule has 4 nitrogen and oxygen atoms in total. The summed E-state index contributed by atoms with van der Waals surface area (Å²) in [6.45, 7) is 0. The van der Waals surface area contributed by atoms with Crippen molar-refractivity contribution in [3.63, 3.8) is 0 Å². The van der Waals surface area contributed by atoms with E-state index in [0.717, 1.165) is 10.0 Å². The van der Waals surface area contributed by atoms with Gasteiger partial charge < -0.3 is 10.8 Å². The SMILES string of the molecule is CN(C)C(/C=C(/[O-])c1ccccc1)/N=C(\N)c1cccc(Br)c1. The minimum Gasteiger partial charge on any atom is -0.872 e. The summed E-state index contributed by atoms with van der Waals surface area (Å²) >= 11 is 3.41. The van der Waals surface area contributed by atoms with E-state index in [2.05, 4.69) is 20.9 Å². The molecule has 2 aromatic rings. The zero-order chi connectivity index (χ0) is 16.8. The lowest BCUT2D eigenvalue weighted by atomic mass is 10.1. The Hall–Kier alpha value is -2.11. The van der Waals surface area contributed by atoms with Crippen LogP contribution in [0.5, 0.6) is 0 Å². The van der Waals surface area contributed by atoms with Gasteiger partial charge in [0.05, 0.1) is 0 Å². The van der Waals surface area contributed by atoms with E-state index in [0.29, 0.717) is 11.4 Å². The molecule has 1 unspecified atom stereocenters. The Kier molecular flexibility index (Phi) is 5.96. The number of likely N-dealkylation sites (N-methyl/N-ethyl adjacent to an activating group) is 1.